The molecule has 0 fully saturated rings. The van der Waals surface area contributed by atoms with Crippen LogP contribution in [-0.4, -0.2) is 39.8 Å². The average Bonchev–Trinajstić information content (AvgIpc) is 2.75. The van der Waals surface area contributed by atoms with Crippen molar-refractivity contribution in [1.82, 2.24) is 5.32 Å². The molecule has 1 atom stereocenters. The second-order valence-corrected chi connectivity index (χ2v) is 9.29. The van der Waals surface area contributed by atoms with Crippen LogP contribution in [-0.2, 0) is 21.0 Å². The van der Waals surface area contributed by atoms with Crippen LogP contribution in [0.4, 0.5) is 18.9 Å². The number of fused-ring (bicyclic) bond motifs is 1. The van der Waals surface area contributed by atoms with Crippen molar-refractivity contribution in [2.24, 2.45) is 0 Å². The Labute approximate surface area is 190 Å². The van der Waals surface area contributed by atoms with Gasteiger partial charge in [0.15, 0.2) is 0 Å². The molecule has 0 aliphatic carbocycles. The number of anilines is 1. The van der Waals surface area contributed by atoms with Gasteiger partial charge in [0.25, 0.3) is 0 Å². The highest BCUT2D eigenvalue weighted by Crippen LogP contribution is 2.32. The van der Waals surface area contributed by atoms with Crippen LogP contribution in [0.2, 0.25) is 0 Å². The molecule has 0 heterocycles. The molecular weight excluding hydrogens is 457 g/mol. The van der Waals surface area contributed by atoms with Crippen LogP contribution >= 0.6 is 0 Å². The Morgan fingerprint density at radius 2 is 1.73 bits per heavy atom. The number of amides is 1. The third kappa shape index (κ3) is 6.16. The number of sulfonamides is 1. The Balaban J connectivity index is 1.64. The number of ether oxygens (including phenoxy) is 1. The predicted molar refractivity (Wildman–Crippen MR) is 121 cm³/mol. The summed E-state index contributed by atoms with van der Waals surface area (Å²) in [5.74, 6) is -0.0577. The molecule has 3 aromatic rings. The van der Waals surface area contributed by atoms with E-state index in [1.165, 1.54) is 13.0 Å². The molecule has 0 radical (unpaired) electrons. The fourth-order valence-electron chi connectivity index (χ4n) is 3.38. The Kier molecular flexibility index (Phi) is 7.16. The molecule has 176 valence electrons. The van der Waals surface area contributed by atoms with Crippen LogP contribution < -0.4 is 14.4 Å². The molecule has 6 nitrogen and oxygen atoms in total. The number of alkyl halides is 3. The van der Waals surface area contributed by atoms with E-state index in [9.17, 15) is 26.4 Å². The van der Waals surface area contributed by atoms with Crippen LogP contribution in [0.3, 0.4) is 0 Å². The molecule has 0 saturated heterocycles. The minimum Gasteiger partial charge on any atom is -0.492 e. The number of carbonyl (C=O) groups excluding carboxylic acids is 1. The molecule has 0 saturated carbocycles. The minimum absolute atomic E-state index is 0.0796. The summed E-state index contributed by atoms with van der Waals surface area (Å²) >= 11 is 0. The summed E-state index contributed by atoms with van der Waals surface area (Å²) in [6.07, 6.45) is -3.81. The molecule has 0 aliphatic rings. The van der Waals surface area contributed by atoms with Gasteiger partial charge in [0.2, 0.25) is 15.9 Å². The summed E-state index contributed by atoms with van der Waals surface area (Å²) in [4.78, 5) is 12.6. The number of nitrogens with one attached hydrogen (secondary N) is 1. The van der Waals surface area contributed by atoms with Crippen molar-refractivity contribution in [2.45, 2.75) is 19.1 Å². The van der Waals surface area contributed by atoms with E-state index >= 15 is 0 Å². The Morgan fingerprint density at radius 1 is 1.03 bits per heavy atom. The first-order valence-electron chi connectivity index (χ1n) is 10.0. The van der Waals surface area contributed by atoms with E-state index in [1.54, 1.807) is 6.07 Å². The van der Waals surface area contributed by atoms with E-state index in [-0.39, 0.29) is 18.8 Å². The average molecular weight is 481 g/mol. The maximum atomic E-state index is 13.1. The normalized spacial score (nSPS) is 12.9. The Bertz CT molecular complexity index is 1250. The van der Waals surface area contributed by atoms with Crippen molar-refractivity contribution in [3.8, 4) is 5.75 Å². The van der Waals surface area contributed by atoms with Crippen molar-refractivity contribution in [2.75, 3.05) is 23.7 Å². The topological polar surface area (TPSA) is 75.7 Å². The van der Waals surface area contributed by atoms with Gasteiger partial charge in [-0.3, -0.25) is 9.10 Å². The van der Waals surface area contributed by atoms with E-state index in [1.807, 2.05) is 36.4 Å². The van der Waals surface area contributed by atoms with Gasteiger partial charge in [-0.05, 0) is 48.0 Å². The molecule has 3 rings (SSSR count). The molecule has 0 aromatic heterocycles. The summed E-state index contributed by atoms with van der Waals surface area (Å²) in [6.45, 7) is 1.51. The van der Waals surface area contributed by atoms with Gasteiger partial charge in [0.1, 0.15) is 18.4 Å². The van der Waals surface area contributed by atoms with E-state index in [2.05, 4.69) is 5.32 Å². The first-order valence-corrected chi connectivity index (χ1v) is 11.9. The number of rotatable bonds is 8. The third-order valence-corrected chi connectivity index (χ3v) is 6.15. The second kappa shape index (κ2) is 9.70. The van der Waals surface area contributed by atoms with Gasteiger partial charge in [-0.1, -0.05) is 36.4 Å². The molecule has 33 heavy (non-hydrogen) atoms. The first-order chi connectivity index (χ1) is 15.5. The Hall–Kier alpha value is -3.27. The largest absolute Gasteiger partial charge is 0.492 e. The van der Waals surface area contributed by atoms with Crippen LogP contribution in [0, 0.1) is 0 Å². The fourth-order valence-corrected chi connectivity index (χ4v) is 4.54. The maximum Gasteiger partial charge on any atom is 0.416 e. The van der Waals surface area contributed by atoms with Gasteiger partial charge < -0.3 is 10.1 Å². The molecule has 0 spiro atoms. The number of benzene rings is 3. The van der Waals surface area contributed by atoms with Crippen molar-refractivity contribution >= 4 is 32.4 Å². The van der Waals surface area contributed by atoms with Gasteiger partial charge >= 0.3 is 6.18 Å². The molecule has 3 aromatic carbocycles. The highest BCUT2D eigenvalue weighted by molar-refractivity contribution is 7.92. The second-order valence-electron chi connectivity index (χ2n) is 7.43. The molecule has 1 N–H and O–H groups in total. The van der Waals surface area contributed by atoms with Gasteiger partial charge in [-0.25, -0.2) is 8.42 Å². The molecule has 0 bridgehead atoms. The maximum absolute atomic E-state index is 13.1. The lowest BCUT2D eigenvalue weighted by molar-refractivity contribution is -0.137. The fraction of sp³-hybridized carbons (Fsp3) is 0.261. The highest BCUT2D eigenvalue weighted by Gasteiger charge is 2.34. The summed E-state index contributed by atoms with van der Waals surface area (Å²) in [5, 5.41) is 4.62. The van der Waals surface area contributed by atoms with Crippen molar-refractivity contribution in [3.63, 3.8) is 0 Å². The number of hydrogen-bond donors (Lipinski definition) is 1. The van der Waals surface area contributed by atoms with E-state index < -0.39 is 33.7 Å². The third-order valence-electron chi connectivity index (χ3n) is 4.91. The number of hydrogen-bond acceptors (Lipinski definition) is 4. The highest BCUT2D eigenvalue weighted by atomic mass is 32.2. The van der Waals surface area contributed by atoms with Crippen molar-refractivity contribution < 1.29 is 31.1 Å². The smallest absolute Gasteiger partial charge is 0.416 e. The predicted octanol–water partition coefficient (Wildman–Crippen LogP) is 4.21. The van der Waals surface area contributed by atoms with Gasteiger partial charge in [0, 0.05) is 0 Å². The standard InChI is InChI=1S/C23H23F3N2O4S/c1-16(28(33(2,30)31)20-9-5-8-19(15-20)23(24,25)26)22(29)27-12-13-32-21-11-10-17-6-3-4-7-18(17)14-21/h3-11,14-16H,12-13H2,1-2H3,(H,27,29)/t16-/m1/s1. The Morgan fingerprint density at radius 3 is 2.39 bits per heavy atom. The summed E-state index contributed by atoms with van der Waals surface area (Å²) in [5.41, 5.74) is -1.26. The van der Waals surface area contributed by atoms with Crippen LogP contribution in [0.5, 0.6) is 5.75 Å². The van der Waals surface area contributed by atoms with E-state index in [0.717, 1.165) is 29.2 Å². The van der Waals surface area contributed by atoms with Gasteiger partial charge in [-0.15, -0.1) is 0 Å². The van der Waals surface area contributed by atoms with Crippen LogP contribution in [0.15, 0.2) is 66.7 Å². The minimum atomic E-state index is -4.65. The SMILES string of the molecule is C[C@H](C(=O)NCCOc1ccc2ccccc2c1)N(c1cccc(C(F)(F)F)c1)S(C)(=O)=O. The quantitative estimate of drug-likeness (QED) is 0.490. The number of halogens is 3. The first kappa shape index (κ1) is 24.4. The molecule has 1 amide bonds. The van der Waals surface area contributed by atoms with Crippen LogP contribution in [0.1, 0.15) is 12.5 Å². The number of carbonyl (C=O) groups is 1. The van der Waals surface area contributed by atoms with E-state index in [0.29, 0.717) is 16.1 Å². The molecular formula is C23H23F3N2O4S. The van der Waals surface area contributed by atoms with Gasteiger partial charge in [0.05, 0.1) is 24.1 Å². The summed E-state index contributed by atoms with van der Waals surface area (Å²) < 4.78 is 70.1. The van der Waals surface area contributed by atoms with Crippen LogP contribution in [0.25, 0.3) is 10.8 Å². The summed E-state index contributed by atoms with van der Waals surface area (Å²) in [7, 11) is -4.04. The molecule has 10 heteroatoms. The lowest BCUT2D eigenvalue weighted by atomic mass is 10.1. The van der Waals surface area contributed by atoms with Crippen molar-refractivity contribution in [3.05, 3.63) is 72.3 Å². The zero-order chi connectivity index (χ0) is 24.2. The zero-order valence-electron chi connectivity index (χ0n) is 18.0. The zero-order valence-corrected chi connectivity index (χ0v) is 18.8. The monoisotopic (exact) mass is 480 g/mol. The summed E-state index contributed by atoms with van der Waals surface area (Å²) in [6, 6.07) is 15.9. The van der Waals surface area contributed by atoms with Crippen molar-refractivity contribution in [1.29, 1.82) is 0 Å². The van der Waals surface area contributed by atoms with Gasteiger partial charge in [-0.2, -0.15) is 13.2 Å². The molecule has 0 aliphatic heterocycles. The van der Waals surface area contributed by atoms with E-state index in [4.69, 9.17) is 4.74 Å². The number of nitrogens with zero attached hydrogens (tertiary/aromatic N) is 1. The lowest BCUT2D eigenvalue weighted by Gasteiger charge is -2.28. The lowest BCUT2D eigenvalue weighted by Crippen LogP contribution is -2.48. The molecule has 0 unspecified atom stereocenters.